The minimum Gasteiger partial charge on any atom is -0.503 e. The van der Waals surface area contributed by atoms with Gasteiger partial charge in [0.05, 0.1) is 27.2 Å². The molecule has 7 nitrogen and oxygen atoms in total. The van der Waals surface area contributed by atoms with Gasteiger partial charge >= 0.3 is 0 Å². The number of thioether (sulfide) groups is 1. The van der Waals surface area contributed by atoms with Gasteiger partial charge in [-0.1, -0.05) is 82.7 Å². The van der Waals surface area contributed by atoms with Crippen LogP contribution in [0.2, 0.25) is 5.02 Å². The van der Waals surface area contributed by atoms with Crippen LogP contribution in [0, 0.1) is 20.8 Å². The molecule has 1 aliphatic rings. The maximum absolute atomic E-state index is 13.7. The summed E-state index contributed by atoms with van der Waals surface area (Å²) in [5.74, 6) is -1.10. The molecule has 2 aromatic heterocycles. The lowest BCUT2D eigenvalue weighted by Gasteiger charge is -2.24. The summed E-state index contributed by atoms with van der Waals surface area (Å²) >= 11 is 10.2. The zero-order chi connectivity index (χ0) is 26.3. The van der Waals surface area contributed by atoms with Crippen LogP contribution in [-0.2, 0) is 10.5 Å². The molecule has 4 aromatic rings. The lowest BCUT2D eigenvalue weighted by molar-refractivity contribution is -0.117. The average molecular weight is 569 g/mol. The van der Waals surface area contributed by atoms with E-state index in [4.69, 9.17) is 11.6 Å². The molecule has 1 N–H and O–H groups in total. The van der Waals surface area contributed by atoms with Crippen LogP contribution in [-0.4, -0.2) is 32.0 Å². The lowest BCUT2D eigenvalue weighted by Crippen LogP contribution is -2.31. The predicted octanol–water partition coefficient (Wildman–Crippen LogP) is 6.65. The first-order chi connectivity index (χ1) is 17.7. The Hall–Kier alpha value is -3.05. The molecule has 0 fully saturated rings. The number of benzene rings is 2. The molecule has 3 heterocycles. The number of ketones is 1. The third kappa shape index (κ3) is 4.94. The zero-order valence-electron chi connectivity index (χ0n) is 20.1. The van der Waals surface area contributed by atoms with Crippen molar-refractivity contribution >= 4 is 62.9 Å². The molecule has 37 heavy (non-hydrogen) atoms. The molecule has 1 amide bonds. The highest BCUT2D eigenvalue weighted by molar-refractivity contribution is 8.00. The molecular weight excluding hydrogens is 548 g/mol. The van der Waals surface area contributed by atoms with Crippen molar-refractivity contribution < 1.29 is 14.7 Å². The minimum atomic E-state index is -0.850. The van der Waals surface area contributed by atoms with Gasteiger partial charge in [-0.15, -0.1) is 21.5 Å². The number of hydrogen-bond donors (Lipinski definition) is 1. The molecule has 11 heteroatoms. The Bertz CT molecular complexity index is 1540. The summed E-state index contributed by atoms with van der Waals surface area (Å²) in [6.45, 7) is 5.52. The fourth-order valence-electron chi connectivity index (χ4n) is 4.08. The van der Waals surface area contributed by atoms with E-state index in [1.165, 1.54) is 39.3 Å². The van der Waals surface area contributed by atoms with E-state index >= 15 is 0 Å². The van der Waals surface area contributed by atoms with Gasteiger partial charge in [-0.25, -0.2) is 4.98 Å². The van der Waals surface area contributed by atoms with Crippen molar-refractivity contribution in [1.82, 2.24) is 15.2 Å². The van der Waals surface area contributed by atoms with Gasteiger partial charge in [0.15, 0.2) is 10.1 Å². The summed E-state index contributed by atoms with van der Waals surface area (Å²) in [6, 6.07) is 14.2. The van der Waals surface area contributed by atoms with Crippen LogP contribution in [0.5, 0.6) is 0 Å². The lowest BCUT2D eigenvalue weighted by atomic mass is 9.94. The highest BCUT2D eigenvalue weighted by Crippen LogP contribution is 2.44. The summed E-state index contributed by atoms with van der Waals surface area (Å²) in [5, 5.41) is 21.2. The third-order valence-electron chi connectivity index (χ3n) is 5.87. The Labute approximate surface area is 230 Å². The van der Waals surface area contributed by atoms with Crippen LogP contribution in [0.4, 0.5) is 5.13 Å². The molecule has 0 aliphatic carbocycles. The maximum Gasteiger partial charge on any atom is 0.296 e. The van der Waals surface area contributed by atoms with Crippen LogP contribution in [0.25, 0.3) is 0 Å². The van der Waals surface area contributed by atoms with E-state index in [9.17, 15) is 14.7 Å². The van der Waals surface area contributed by atoms with E-state index in [-0.39, 0.29) is 5.57 Å². The predicted molar refractivity (Wildman–Crippen MR) is 148 cm³/mol. The summed E-state index contributed by atoms with van der Waals surface area (Å²) in [5.41, 5.74) is 3.26. The fraction of sp³-hybridized carbons (Fsp3) is 0.192. The Morgan fingerprint density at radius 2 is 1.81 bits per heavy atom. The molecule has 0 saturated carbocycles. The average Bonchev–Trinajstić information content (AvgIpc) is 3.55. The second-order valence-electron chi connectivity index (χ2n) is 8.46. The summed E-state index contributed by atoms with van der Waals surface area (Å²) in [6.07, 6.45) is 0. The highest BCUT2D eigenvalue weighted by Gasteiger charge is 2.46. The molecule has 1 aliphatic heterocycles. The largest absolute Gasteiger partial charge is 0.503 e. The second-order valence-corrected chi connectivity index (χ2v) is 12.2. The van der Waals surface area contributed by atoms with Crippen LogP contribution in [0.1, 0.15) is 43.1 Å². The van der Waals surface area contributed by atoms with Crippen LogP contribution >= 0.6 is 46.0 Å². The normalized spacial score (nSPS) is 15.6. The van der Waals surface area contributed by atoms with Crippen LogP contribution in [0.15, 0.2) is 64.2 Å². The minimum absolute atomic E-state index is 0.0149. The maximum atomic E-state index is 13.7. The molecule has 0 saturated heterocycles. The van der Waals surface area contributed by atoms with Gasteiger partial charge in [0.1, 0.15) is 0 Å². The van der Waals surface area contributed by atoms with Crippen molar-refractivity contribution in [2.45, 2.75) is 36.9 Å². The van der Waals surface area contributed by atoms with Crippen molar-refractivity contribution in [3.8, 4) is 0 Å². The molecule has 0 radical (unpaired) electrons. The number of aryl methyl sites for hydroxylation is 3. The van der Waals surface area contributed by atoms with Gasteiger partial charge in [0.2, 0.25) is 10.9 Å². The summed E-state index contributed by atoms with van der Waals surface area (Å²) in [4.78, 5) is 33.2. The number of carbonyl (C=O) groups is 2. The van der Waals surface area contributed by atoms with Gasteiger partial charge < -0.3 is 5.11 Å². The number of Topliss-reactive ketones (excluding diaryl/α,β-unsaturated/α-hetero) is 1. The Balaban J connectivity index is 1.51. The van der Waals surface area contributed by atoms with Crippen molar-refractivity contribution in [3.05, 3.63) is 97.2 Å². The first-order valence-corrected chi connectivity index (χ1v) is 14.3. The fourth-order valence-corrected chi connectivity index (χ4v) is 7.10. The number of aromatic nitrogens is 3. The molecule has 0 spiro atoms. The number of nitrogens with zero attached hydrogens (tertiary/aromatic N) is 4. The number of rotatable bonds is 7. The number of carbonyl (C=O) groups excluding carboxylic acids is 2. The first-order valence-electron chi connectivity index (χ1n) is 11.3. The van der Waals surface area contributed by atoms with Crippen LogP contribution in [0.3, 0.4) is 0 Å². The second kappa shape index (κ2) is 10.4. The first kappa shape index (κ1) is 25.6. The van der Waals surface area contributed by atoms with E-state index in [2.05, 4.69) is 15.2 Å². The SMILES string of the molecule is Cc1ccc(C2C(C(=O)c3sc(C)nc3C)=C(O)C(=O)N2c2nnc(SCc3ccccc3Cl)s2)cc1. The van der Waals surface area contributed by atoms with Crippen LogP contribution < -0.4 is 4.90 Å². The van der Waals surface area contributed by atoms with E-state index in [1.807, 2.05) is 62.4 Å². The number of hydrogen-bond acceptors (Lipinski definition) is 9. The van der Waals surface area contributed by atoms with Gasteiger partial charge in [-0.3, -0.25) is 14.5 Å². The Morgan fingerprint density at radius 3 is 2.49 bits per heavy atom. The third-order valence-corrected chi connectivity index (χ3v) is 9.41. The molecular formula is C26H21ClN4O3S3. The van der Waals surface area contributed by atoms with Gasteiger partial charge in [-0.2, -0.15) is 0 Å². The number of thiazole rings is 1. The topological polar surface area (TPSA) is 96.3 Å². The molecule has 1 atom stereocenters. The molecule has 0 bridgehead atoms. The van der Waals surface area contributed by atoms with Gasteiger partial charge in [0.25, 0.3) is 5.91 Å². The molecule has 5 rings (SSSR count). The van der Waals surface area contributed by atoms with Crippen molar-refractivity contribution in [2.75, 3.05) is 4.90 Å². The summed E-state index contributed by atoms with van der Waals surface area (Å²) in [7, 11) is 0. The quantitative estimate of drug-likeness (QED) is 0.151. The smallest absolute Gasteiger partial charge is 0.296 e. The van der Waals surface area contributed by atoms with Crippen molar-refractivity contribution in [1.29, 1.82) is 0 Å². The van der Waals surface area contributed by atoms with Crippen molar-refractivity contribution in [3.63, 3.8) is 0 Å². The number of anilines is 1. The number of aliphatic hydroxyl groups is 1. The van der Waals surface area contributed by atoms with E-state index in [1.54, 1.807) is 6.92 Å². The highest BCUT2D eigenvalue weighted by atomic mass is 35.5. The van der Waals surface area contributed by atoms with E-state index in [0.29, 0.717) is 36.4 Å². The molecule has 2 aromatic carbocycles. The monoisotopic (exact) mass is 568 g/mol. The van der Waals surface area contributed by atoms with E-state index in [0.717, 1.165) is 16.1 Å². The number of amides is 1. The summed E-state index contributed by atoms with van der Waals surface area (Å²) < 4.78 is 0.638. The molecule has 1 unspecified atom stereocenters. The number of aliphatic hydroxyl groups excluding tert-OH is 1. The Morgan fingerprint density at radius 1 is 1.08 bits per heavy atom. The van der Waals surface area contributed by atoms with Crippen molar-refractivity contribution in [2.24, 2.45) is 0 Å². The molecule has 188 valence electrons. The zero-order valence-corrected chi connectivity index (χ0v) is 23.3. The number of halogens is 1. The van der Waals surface area contributed by atoms with Gasteiger partial charge in [-0.05, 0) is 38.0 Å². The Kier molecular flexibility index (Phi) is 7.17. The van der Waals surface area contributed by atoms with Gasteiger partial charge in [0, 0.05) is 10.8 Å². The van der Waals surface area contributed by atoms with E-state index < -0.39 is 23.5 Å². The standard InChI is InChI=1S/C26H21ClN4O3S3/c1-13-8-10-16(11-9-13)20-19(21(32)23-14(2)28-15(3)36-23)22(33)24(34)31(20)25-29-30-26(37-25)35-12-17-6-4-5-7-18(17)27/h4-11,20,33H,12H2,1-3H3.